The van der Waals surface area contributed by atoms with Crippen molar-refractivity contribution in [2.75, 3.05) is 5.33 Å². The van der Waals surface area contributed by atoms with Crippen LogP contribution in [-0.2, 0) is 0 Å². The minimum atomic E-state index is -0.0799. The van der Waals surface area contributed by atoms with E-state index in [2.05, 4.69) is 15.9 Å². The van der Waals surface area contributed by atoms with E-state index in [1.807, 2.05) is 0 Å². The maximum Gasteiger partial charge on any atom is 0.0665 e. The molecule has 1 aliphatic carbocycles. The van der Waals surface area contributed by atoms with E-state index in [-0.39, 0.29) is 6.10 Å². The summed E-state index contributed by atoms with van der Waals surface area (Å²) in [6, 6.07) is 0. The number of halogens is 1. The molecule has 0 spiro atoms. The summed E-state index contributed by atoms with van der Waals surface area (Å²) in [5.74, 6) is 0.606. The first-order valence-corrected chi connectivity index (χ1v) is 4.21. The summed E-state index contributed by atoms with van der Waals surface area (Å²) in [6.45, 7) is 0. The molecule has 0 aliphatic heterocycles. The van der Waals surface area contributed by atoms with E-state index in [1.165, 1.54) is 19.3 Å². The van der Waals surface area contributed by atoms with Crippen LogP contribution in [0.5, 0.6) is 0 Å². The van der Waals surface area contributed by atoms with Gasteiger partial charge in [0.1, 0.15) is 0 Å². The number of alkyl halides is 1. The van der Waals surface area contributed by atoms with E-state index >= 15 is 0 Å². The van der Waals surface area contributed by atoms with Crippen LogP contribution in [0.15, 0.2) is 0 Å². The second-order valence-electron chi connectivity index (χ2n) is 2.41. The first-order valence-electron chi connectivity index (χ1n) is 3.08. The lowest BCUT2D eigenvalue weighted by molar-refractivity contribution is 0.0827. The van der Waals surface area contributed by atoms with E-state index in [9.17, 15) is 0 Å². The molecule has 1 nitrogen and oxygen atoms in total. The van der Waals surface area contributed by atoms with Crippen LogP contribution >= 0.6 is 15.9 Å². The number of aliphatic hydroxyl groups excluding tert-OH is 1. The molecule has 2 heteroatoms. The highest BCUT2D eigenvalue weighted by Gasteiger charge is 2.23. The lowest BCUT2D eigenvalue weighted by Gasteiger charge is -2.28. The average molecular weight is 179 g/mol. The molecule has 0 aromatic rings. The maximum atomic E-state index is 9.13. The summed E-state index contributed by atoms with van der Waals surface area (Å²) < 4.78 is 0. The highest BCUT2D eigenvalue weighted by Crippen LogP contribution is 2.29. The predicted molar refractivity (Wildman–Crippen MR) is 37.1 cm³/mol. The Kier molecular flexibility index (Phi) is 2.32. The Labute approximate surface area is 58.2 Å². The van der Waals surface area contributed by atoms with Crippen molar-refractivity contribution in [3.8, 4) is 0 Å². The minimum Gasteiger partial charge on any atom is -0.392 e. The van der Waals surface area contributed by atoms with Crippen LogP contribution < -0.4 is 0 Å². The number of aliphatic hydroxyl groups is 1. The molecule has 0 aromatic heterocycles. The molecule has 0 heterocycles. The minimum absolute atomic E-state index is 0.0799. The van der Waals surface area contributed by atoms with Crippen molar-refractivity contribution in [1.82, 2.24) is 0 Å². The third-order valence-corrected chi connectivity index (χ3v) is 2.52. The van der Waals surface area contributed by atoms with Gasteiger partial charge >= 0.3 is 0 Å². The summed E-state index contributed by atoms with van der Waals surface area (Å²) in [7, 11) is 0. The summed E-state index contributed by atoms with van der Waals surface area (Å²) >= 11 is 3.24. The molecule has 0 aromatic carbocycles. The van der Waals surface area contributed by atoms with Gasteiger partial charge in [-0.3, -0.25) is 0 Å². The van der Waals surface area contributed by atoms with Gasteiger partial charge in [-0.05, 0) is 18.8 Å². The molecule has 48 valence electrons. The van der Waals surface area contributed by atoms with Crippen molar-refractivity contribution in [3.05, 3.63) is 0 Å². The Morgan fingerprint density at radius 1 is 1.62 bits per heavy atom. The van der Waals surface area contributed by atoms with Crippen molar-refractivity contribution < 1.29 is 5.11 Å². The van der Waals surface area contributed by atoms with Crippen molar-refractivity contribution in [2.45, 2.75) is 25.4 Å². The van der Waals surface area contributed by atoms with Gasteiger partial charge in [0.25, 0.3) is 0 Å². The van der Waals surface area contributed by atoms with Crippen molar-refractivity contribution >= 4 is 15.9 Å². The first-order chi connectivity index (χ1) is 3.84. The van der Waals surface area contributed by atoms with Gasteiger partial charge in [0, 0.05) is 5.33 Å². The lowest BCUT2D eigenvalue weighted by atomic mass is 9.82. The highest BCUT2D eigenvalue weighted by molar-refractivity contribution is 9.09. The van der Waals surface area contributed by atoms with Gasteiger partial charge in [-0.25, -0.2) is 0 Å². The molecule has 1 N–H and O–H groups in total. The number of hydrogen-bond donors (Lipinski definition) is 1. The van der Waals surface area contributed by atoms with Gasteiger partial charge in [0.2, 0.25) is 0 Å². The summed E-state index contributed by atoms with van der Waals surface area (Å²) in [5.41, 5.74) is 0. The third-order valence-electron chi connectivity index (χ3n) is 1.85. The van der Waals surface area contributed by atoms with Gasteiger partial charge in [0.05, 0.1) is 6.10 Å². The Balaban J connectivity index is 2.13. The van der Waals surface area contributed by atoms with Gasteiger partial charge in [-0.2, -0.15) is 0 Å². The molecule has 0 amide bonds. The Morgan fingerprint density at radius 2 is 2.25 bits per heavy atom. The molecule has 0 unspecified atom stereocenters. The van der Waals surface area contributed by atoms with Crippen LogP contribution in [0.2, 0.25) is 0 Å². The maximum absolute atomic E-state index is 9.13. The lowest BCUT2D eigenvalue weighted by Crippen LogP contribution is -2.27. The van der Waals surface area contributed by atoms with Crippen LogP contribution in [0, 0.1) is 5.92 Å². The van der Waals surface area contributed by atoms with Gasteiger partial charge < -0.3 is 5.11 Å². The molecule has 8 heavy (non-hydrogen) atoms. The summed E-state index contributed by atoms with van der Waals surface area (Å²) in [6.07, 6.45) is 3.69. The fraction of sp³-hybridized carbons (Fsp3) is 1.00. The van der Waals surface area contributed by atoms with E-state index in [0.717, 1.165) is 5.33 Å². The van der Waals surface area contributed by atoms with Gasteiger partial charge in [-0.1, -0.05) is 22.4 Å². The zero-order valence-electron chi connectivity index (χ0n) is 4.81. The fourth-order valence-corrected chi connectivity index (χ4v) is 1.48. The van der Waals surface area contributed by atoms with Gasteiger partial charge in [-0.15, -0.1) is 0 Å². The van der Waals surface area contributed by atoms with Crippen LogP contribution in [0.1, 0.15) is 19.3 Å². The third kappa shape index (κ3) is 1.23. The molecular weight excluding hydrogens is 168 g/mol. The van der Waals surface area contributed by atoms with E-state index < -0.39 is 0 Å². The Bertz CT molecular complexity index is 68.2. The smallest absolute Gasteiger partial charge is 0.0665 e. The van der Waals surface area contributed by atoms with Crippen molar-refractivity contribution in [1.29, 1.82) is 0 Å². The molecular formula is C6H11BrO. The monoisotopic (exact) mass is 178 g/mol. The van der Waals surface area contributed by atoms with Crippen LogP contribution in [-0.4, -0.2) is 16.5 Å². The molecule has 0 bridgehead atoms. The SMILES string of the molecule is O[C@H](CBr)C1CCC1. The van der Waals surface area contributed by atoms with Gasteiger partial charge in [0.15, 0.2) is 0 Å². The van der Waals surface area contributed by atoms with E-state index in [1.54, 1.807) is 0 Å². The van der Waals surface area contributed by atoms with Crippen LogP contribution in [0.25, 0.3) is 0 Å². The molecule has 1 fully saturated rings. The molecule has 1 aliphatic rings. The number of rotatable bonds is 2. The van der Waals surface area contributed by atoms with Crippen LogP contribution in [0.4, 0.5) is 0 Å². The summed E-state index contributed by atoms with van der Waals surface area (Å²) in [5, 5.41) is 9.88. The first kappa shape index (κ1) is 6.56. The Hall–Kier alpha value is 0.440. The second-order valence-corrected chi connectivity index (χ2v) is 3.06. The molecule has 1 atom stereocenters. The van der Waals surface area contributed by atoms with E-state index in [4.69, 9.17) is 5.11 Å². The van der Waals surface area contributed by atoms with E-state index in [0.29, 0.717) is 5.92 Å². The quantitative estimate of drug-likeness (QED) is 0.637. The molecule has 0 radical (unpaired) electrons. The standard InChI is InChI=1S/C6H11BrO/c7-4-6(8)5-2-1-3-5/h5-6,8H,1-4H2/t6-/m1/s1. The van der Waals surface area contributed by atoms with Crippen LogP contribution in [0.3, 0.4) is 0 Å². The average Bonchev–Trinajstić information content (AvgIpc) is 1.62. The summed E-state index contributed by atoms with van der Waals surface area (Å²) in [4.78, 5) is 0. The molecule has 1 rings (SSSR count). The Morgan fingerprint density at radius 3 is 2.38 bits per heavy atom. The normalized spacial score (nSPS) is 24.8. The van der Waals surface area contributed by atoms with Crippen molar-refractivity contribution in [3.63, 3.8) is 0 Å². The molecule has 1 saturated carbocycles. The fourth-order valence-electron chi connectivity index (χ4n) is 0.951. The molecule has 0 saturated heterocycles. The largest absolute Gasteiger partial charge is 0.392 e. The zero-order chi connectivity index (χ0) is 5.98. The van der Waals surface area contributed by atoms with Crippen molar-refractivity contribution in [2.24, 2.45) is 5.92 Å². The predicted octanol–water partition coefficient (Wildman–Crippen LogP) is 1.54. The zero-order valence-corrected chi connectivity index (χ0v) is 6.39. The second kappa shape index (κ2) is 2.83. The number of hydrogen-bond acceptors (Lipinski definition) is 1. The topological polar surface area (TPSA) is 20.2 Å². The highest BCUT2D eigenvalue weighted by atomic mass is 79.9.